The SMILES string of the molecule is CC(Cn1cccn1)Nc1cc(Cl)ncn1. The second-order valence-electron chi connectivity index (χ2n) is 3.50. The van der Waals surface area contributed by atoms with Gasteiger partial charge in [-0.25, -0.2) is 9.97 Å². The molecule has 0 fully saturated rings. The average molecular weight is 238 g/mol. The van der Waals surface area contributed by atoms with Gasteiger partial charge in [0.15, 0.2) is 0 Å². The minimum Gasteiger partial charge on any atom is -0.366 e. The minimum absolute atomic E-state index is 0.214. The molecule has 0 aliphatic carbocycles. The number of nitrogens with one attached hydrogen (secondary N) is 1. The van der Waals surface area contributed by atoms with E-state index in [9.17, 15) is 0 Å². The van der Waals surface area contributed by atoms with Crippen LogP contribution >= 0.6 is 11.6 Å². The van der Waals surface area contributed by atoms with Crippen LogP contribution in [0.25, 0.3) is 0 Å². The first-order valence-corrected chi connectivity index (χ1v) is 5.33. The number of hydrogen-bond acceptors (Lipinski definition) is 4. The summed E-state index contributed by atoms with van der Waals surface area (Å²) in [4.78, 5) is 7.89. The van der Waals surface area contributed by atoms with E-state index in [1.165, 1.54) is 6.33 Å². The van der Waals surface area contributed by atoms with Gasteiger partial charge in [-0.1, -0.05) is 11.6 Å². The first-order chi connectivity index (χ1) is 7.74. The summed E-state index contributed by atoms with van der Waals surface area (Å²) < 4.78 is 1.86. The Morgan fingerprint density at radius 1 is 1.50 bits per heavy atom. The molecule has 84 valence electrons. The van der Waals surface area contributed by atoms with Crippen LogP contribution < -0.4 is 5.32 Å². The second-order valence-corrected chi connectivity index (χ2v) is 3.89. The largest absolute Gasteiger partial charge is 0.366 e. The Kier molecular flexibility index (Phi) is 3.36. The highest BCUT2D eigenvalue weighted by atomic mass is 35.5. The summed E-state index contributed by atoms with van der Waals surface area (Å²) in [5.41, 5.74) is 0. The molecule has 2 aromatic heterocycles. The molecule has 0 bridgehead atoms. The number of hydrogen-bond donors (Lipinski definition) is 1. The summed E-state index contributed by atoms with van der Waals surface area (Å²) in [5.74, 6) is 0.722. The molecule has 0 saturated heterocycles. The minimum atomic E-state index is 0.214. The lowest BCUT2D eigenvalue weighted by Gasteiger charge is -2.14. The summed E-state index contributed by atoms with van der Waals surface area (Å²) in [6, 6.07) is 3.81. The van der Waals surface area contributed by atoms with Crippen LogP contribution in [0.2, 0.25) is 5.15 Å². The summed E-state index contributed by atoms with van der Waals surface area (Å²) in [7, 11) is 0. The maximum Gasteiger partial charge on any atom is 0.134 e. The molecule has 2 heterocycles. The van der Waals surface area contributed by atoms with Gasteiger partial charge >= 0.3 is 0 Å². The van der Waals surface area contributed by atoms with Crippen LogP contribution in [0.5, 0.6) is 0 Å². The normalized spacial score (nSPS) is 12.4. The number of aromatic nitrogens is 4. The lowest BCUT2D eigenvalue weighted by atomic mass is 10.3. The van der Waals surface area contributed by atoms with Crippen LogP contribution in [-0.4, -0.2) is 25.8 Å². The molecule has 5 nitrogen and oxygen atoms in total. The number of rotatable bonds is 4. The van der Waals surface area contributed by atoms with Crippen LogP contribution in [0.15, 0.2) is 30.9 Å². The van der Waals surface area contributed by atoms with Crippen molar-refractivity contribution < 1.29 is 0 Å². The van der Waals surface area contributed by atoms with E-state index in [1.54, 1.807) is 12.3 Å². The molecule has 0 radical (unpaired) electrons. The fourth-order valence-electron chi connectivity index (χ4n) is 1.40. The lowest BCUT2D eigenvalue weighted by Crippen LogP contribution is -2.22. The predicted octanol–water partition coefficient (Wildman–Crippen LogP) is 1.83. The zero-order valence-corrected chi connectivity index (χ0v) is 9.59. The topological polar surface area (TPSA) is 55.6 Å². The molecule has 0 amide bonds. The van der Waals surface area contributed by atoms with E-state index < -0.39 is 0 Å². The Balaban J connectivity index is 1.94. The van der Waals surface area contributed by atoms with Crippen molar-refractivity contribution in [3.8, 4) is 0 Å². The van der Waals surface area contributed by atoms with Crippen LogP contribution in [0.1, 0.15) is 6.92 Å². The van der Waals surface area contributed by atoms with Crippen molar-refractivity contribution in [2.45, 2.75) is 19.5 Å². The smallest absolute Gasteiger partial charge is 0.134 e. The number of halogens is 1. The van der Waals surface area contributed by atoms with Gasteiger partial charge < -0.3 is 5.32 Å². The predicted molar refractivity (Wildman–Crippen MR) is 62.4 cm³/mol. The molecule has 6 heteroatoms. The lowest BCUT2D eigenvalue weighted by molar-refractivity contribution is 0.559. The average Bonchev–Trinajstić information content (AvgIpc) is 2.70. The fourth-order valence-corrected chi connectivity index (χ4v) is 1.55. The Labute approximate surface area is 98.5 Å². The third kappa shape index (κ3) is 2.93. The molecule has 0 aliphatic heterocycles. The molecule has 0 aliphatic rings. The van der Waals surface area contributed by atoms with Gasteiger partial charge in [0.05, 0.1) is 6.54 Å². The quantitative estimate of drug-likeness (QED) is 0.825. The highest BCUT2D eigenvalue weighted by molar-refractivity contribution is 6.29. The molecule has 2 aromatic rings. The first kappa shape index (κ1) is 10.9. The van der Waals surface area contributed by atoms with E-state index >= 15 is 0 Å². The van der Waals surface area contributed by atoms with Gasteiger partial charge in [0.2, 0.25) is 0 Å². The third-order valence-corrected chi connectivity index (χ3v) is 2.25. The van der Waals surface area contributed by atoms with E-state index in [0.717, 1.165) is 12.4 Å². The van der Waals surface area contributed by atoms with Gasteiger partial charge in [-0.15, -0.1) is 0 Å². The monoisotopic (exact) mass is 237 g/mol. The van der Waals surface area contributed by atoms with Crippen molar-refractivity contribution in [1.29, 1.82) is 0 Å². The summed E-state index contributed by atoms with van der Waals surface area (Å²) in [6.45, 7) is 2.83. The highest BCUT2D eigenvalue weighted by Crippen LogP contribution is 2.10. The summed E-state index contributed by atoms with van der Waals surface area (Å²) >= 11 is 5.76. The first-order valence-electron chi connectivity index (χ1n) is 4.95. The molecule has 0 aromatic carbocycles. The molecule has 0 spiro atoms. The van der Waals surface area contributed by atoms with E-state index in [2.05, 4.69) is 27.3 Å². The van der Waals surface area contributed by atoms with E-state index in [4.69, 9.17) is 11.6 Å². The standard InChI is InChI=1S/C10H12ClN5/c1-8(6-16-4-2-3-14-16)15-10-5-9(11)12-7-13-10/h2-5,7-8H,6H2,1H3,(H,12,13,15). The van der Waals surface area contributed by atoms with Gasteiger partial charge in [-0.05, 0) is 13.0 Å². The van der Waals surface area contributed by atoms with Crippen molar-refractivity contribution in [3.05, 3.63) is 36.0 Å². The van der Waals surface area contributed by atoms with Crippen LogP contribution in [0.3, 0.4) is 0 Å². The zero-order chi connectivity index (χ0) is 11.4. The molecule has 1 N–H and O–H groups in total. The van der Waals surface area contributed by atoms with Crippen molar-refractivity contribution >= 4 is 17.4 Å². The molecule has 1 atom stereocenters. The maximum absolute atomic E-state index is 5.76. The van der Waals surface area contributed by atoms with E-state index in [0.29, 0.717) is 5.15 Å². The van der Waals surface area contributed by atoms with Crippen LogP contribution in [0, 0.1) is 0 Å². The van der Waals surface area contributed by atoms with Gasteiger partial charge in [-0.2, -0.15) is 5.10 Å². The van der Waals surface area contributed by atoms with Crippen LogP contribution in [0.4, 0.5) is 5.82 Å². The highest BCUT2D eigenvalue weighted by Gasteiger charge is 2.04. The molecular formula is C10H12ClN5. The Hall–Kier alpha value is -1.62. The summed E-state index contributed by atoms with van der Waals surface area (Å²) in [6.07, 6.45) is 5.12. The molecule has 1 unspecified atom stereocenters. The third-order valence-electron chi connectivity index (χ3n) is 2.05. The molecule has 0 saturated carbocycles. The van der Waals surface area contributed by atoms with Crippen molar-refractivity contribution in [3.63, 3.8) is 0 Å². The fraction of sp³-hybridized carbons (Fsp3) is 0.300. The van der Waals surface area contributed by atoms with E-state index in [1.807, 2.05) is 16.9 Å². The van der Waals surface area contributed by atoms with Crippen molar-refractivity contribution in [1.82, 2.24) is 19.7 Å². The molecular weight excluding hydrogens is 226 g/mol. The number of anilines is 1. The molecule has 2 rings (SSSR count). The van der Waals surface area contributed by atoms with Gasteiger partial charge in [0.25, 0.3) is 0 Å². The molecule has 16 heavy (non-hydrogen) atoms. The second kappa shape index (κ2) is 4.94. The van der Waals surface area contributed by atoms with Crippen LogP contribution in [-0.2, 0) is 6.54 Å². The summed E-state index contributed by atoms with van der Waals surface area (Å²) in [5, 5.41) is 7.79. The van der Waals surface area contributed by atoms with Crippen molar-refractivity contribution in [2.24, 2.45) is 0 Å². The Morgan fingerprint density at radius 2 is 2.38 bits per heavy atom. The van der Waals surface area contributed by atoms with Crippen molar-refractivity contribution in [2.75, 3.05) is 5.32 Å². The van der Waals surface area contributed by atoms with E-state index in [-0.39, 0.29) is 6.04 Å². The number of nitrogens with zero attached hydrogens (tertiary/aromatic N) is 4. The van der Waals surface area contributed by atoms with Gasteiger partial charge in [-0.3, -0.25) is 4.68 Å². The van der Waals surface area contributed by atoms with Gasteiger partial charge in [0.1, 0.15) is 17.3 Å². The zero-order valence-electron chi connectivity index (χ0n) is 8.84. The Morgan fingerprint density at radius 3 is 3.06 bits per heavy atom. The Bertz CT molecular complexity index is 442. The van der Waals surface area contributed by atoms with Gasteiger partial charge in [0, 0.05) is 24.5 Å². The maximum atomic E-state index is 5.76.